The maximum Gasteiger partial charge on any atom is 0.0925 e. The van der Waals surface area contributed by atoms with Gasteiger partial charge in [0.15, 0.2) is 0 Å². The molecule has 0 saturated heterocycles. The zero-order chi connectivity index (χ0) is 14.1. The summed E-state index contributed by atoms with van der Waals surface area (Å²) in [6, 6.07) is 11.6. The van der Waals surface area contributed by atoms with Crippen LogP contribution in [0.25, 0.3) is 10.9 Å². The van der Waals surface area contributed by atoms with Crippen LogP contribution >= 0.6 is 23.2 Å². The third-order valence-corrected chi connectivity index (χ3v) is 3.83. The van der Waals surface area contributed by atoms with Crippen LogP contribution in [-0.4, -0.2) is 10.2 Å². The molecule has 0 aliphatic carbocycles. The summed E-state index contributed by atoms with van der Waals surface area (Å²) in [6.45, 7) is 2.66. The van der Waals surface area contributed by atoms with Crippen LogP contribution in [0.3, 0.4) is 0 Å². The van der Waals surface area contributed by atoms with Crippen LogP contribution in [0.1, 0.15) is 11.3 Å². The molecule has 0 saturated carbocycles. The topological polar surface area (TPSA) is 40.7 Å². The van der Waals surface area contributed by atoms with Crippen LogP contribution in [0, 0.1) is 6.92 Å². The predicted octanol–water partition coefficient (Wildman–Crippen LogP) is 4.79. The van der Waals surface area contributed by atoms with Gasteiger partial charge in [0.05, 0.1) is 5.52 Å². The third kappa shape index (κ3) is 2.60. The van der Waals surface area contributed by atoms with Gasteiger partial charge in [0.2, 0.25) is 0 Å². The molecule has 5 heteroatoms. The summed E-state index contributed by atoms with van der Waals surface area (Å²) in [5, 5.41) is 13.0. The second-order valence-electron chi connectivity index (χ2n) is 4.67. The maximum absolute atomic E-state index is 6.16. The molecule has 0 aliphatic heterocycles. The molecule has 1 aromatic heterocycles. The van der Waals surface area contributed by atoms with E-state index in [1.807, 2.05) is 31.2 Å². The molecule has 0 unspecified atom stereocenters. The van der Waals surface area contributed by atoms with E-state index < -0.39 is 0 Å². The molecule has 102 valence electrons. The van der Waals surface area contributed by atoms with E-state index in [1.54, 1.807) is 6.07 Å². The standard InChI is InChI=1S/C15H13Cl2N3/c1-9-13-7-12(4-5-15(13)20-19-9)18-8-10-2-3-11(16)6-14(10)17/h2-7,18H,8H2,1H3,(H,19,20). The molecule has 0 spiro atoms. The van der Waals surface area contributed by atoms with Crippen LogP contribution in [-0.2, 0) is 6.54 Å². The second-order valence-corrected chi connectivity index (χ2v) is 5.51. The van der Waals surface area contributed by atoms with Crippen molar-refractivity contribution in [2.75, 3.05) is 5.32 Å². The van der Waals surface area contributed by atoms with Crippen LogP contribution in [0.15, 0.2) is 36.4 Å². The van der Waals surface area contributed by atoms with Crippen molar-refractivity contribution in [3.8, 4) is 0 Å². The number of benzene rings is 2. The molecule has 3 nitrogen and oxygen atoms in total. The summed E-state index contributed by atoms with van der Waals surface area (Å²) in [5.41, 5.74) is 4.08. The fourth-order valence-electron chi connectivity index (χ4n) is 2.11. The molecule has 0 fully saturated rings. The number of anilines is 1. The van der Waals surface area contributed by atoms with Gasteiger partial charge in [-0.1, -0.05) is 29.3 Å². The van der Waals surface area contributed by atoms with E-state index in [9.17, 15) is 0 Å². The van der Waals surface area contributed by atoms with E-state index >= 15 is 0 Å². The number of hydrogen-bond donors (Lipinski definition) is 2. The number of nitrogens with zero attached hydrogens (tertiary/aromatic N) is 1. The van der Waals surface area contributed by atoms with Crippen molar-refractivity contribution in [1.29, 1.82) is 0 Å². The van der Waals surface area contributed by atoms with Crippen molar-refractivity contribution in [3.63, 3.8) is 0 Å². The Balaban J connectivity index is 1.81. The van der Waals surface area contributed by atoms with Gasteiger partial charge in [0, 0.05) is 33.4 Å². The average molecular weight is 306 g/mol. The monoisotopic (exact) mass is 305 g/mol. The first-order valence-electron chi connectivity index (χ1n) is 6.26. The Labute approximate surface area is 126 Å². The number of halogens is 2. The van der Waals surface area contributed by atoms with Gasteiger partial charge in [0.25, 0.3) is 0 Å². The molecule has 0 bridgehead atoms. The van der Waals surface area contributed by atoms with E-state index in [1.165, 1.54) is 0 Å². The first-order chi connectivity index (χ1) is 9.63. The Morgan fingerprint density at radius 2 is 2.00 bits per heavy atom. The third-order valence-electron chi connectivity index (χ3n) is 3.24. The van der Waals surface area contributed by atoms with Gasteiger partial charge in [-0.2, -0.15) is 5.10 Å². The van der Waals surface area contributed by atoms with E-state index in [0.29, 0.717) is 16.6 Å². The van der Waals surface area contributed by atoms with Gasteiger partial charge >= 0.3 is 0 Å². The summed E-state index contributed by atoms with van der Waals surface area (Å²) in [4.78, 5) is 0. The number of fused-ring (bicyclic) bond motifs is 1. The van der Waals surface area contributed by atoms with Crippen molar-refractivity contribution in [1.82, 2.24) is 10.2 Å². The fourth-order valence-corrected chi connectivity index (χ4v) is 2.59. The van der Waals surface area contributed by atoms with Crippen LogP contribution in [0.5, 0.6) is 0 Å². The number of rotatable bonds is 3. The molecule has 2 N–H and O–H groups in total. The highest BCUT2D eigenvalue weighted by atomic mass is 35.5. The second kappa shape index (κ2) is 5.35. The summed E-state index contributed by atoms with van der Waals surface area (Å²) in [7, 11) is 0. The molecule has 0 aliphatic rings. The number of aryl methyl sites for hydroxylation is 1. The summed E-state index contributed by atoms with van der Waals surface area (Å²) in [5.74, 6) is 0. The largest absolute Gasteiger partial charge is 0.381 e. The first-order valence-corrected chi connectivity index (χ1v) is 7.01. The minimum Gasteiger partial charge on any atom is -0.381 e. The Bertz CT molecular complexity index is 765. The zero-order valence-corrected chi connectivity index (χ0v) is 12.4. The Morgan fingerprint density at radius 1 is 1.15 bits per heavy atom. The number of aromatic amines is 1. The lowest BCUT2D eigenvalue weighted by molar-refractivity contribution is 1.07. The summed E-state index contributed by atoms with van der Waals surface area (Å²) in [6.07, 6.45) is 0. The molecule has 3 rings (SSSR count). The van der Waals surface area contributed by atoms with E-state index in [0.717, 1.165) is 27.8 Å². The molecule has 0 atom stereocenters. The smallest absolute Gasteiger partial charge is 0.0925 e. The van der Waals surface area contributed by atoms with Gasteiger partial charge in [0.1, 0.15) is 0 Å². The van der Waals surface area contributed by atoms with Gasteiger partial charge < -0.3 is 5.32 Å². The number of hydrogen-bond acceptors (Lipinski definition) is 2. The lowest BCUT2D eigenvalue weighted by Crippen LogP contribution is -1.99. The van der Waals surface area contributed by atoms with Crippen molar-refractivity contribution < 1.29 is 0 Å². The maximum atomic E-state index is 6.16. The van der Waals surface area contributed by atoms with E-state index in [4.69, 9.17) is 23.2 Å². The molecule has 3 aromatic rings. The lowest BCUT2D eigenvalue weighted by atomic mass is 10.2. The average Bonchev–Trinajstić information content (AvgIpc) is 2.79. The van der Waals surface area contributed by atoms with Gasteiger partial charge in [-0.25, -0.2) is 0 Å². The van der Waals surface area contributed by atoms with Crippen molar-refractivity contribution in [3.05, 3.63) is 57.7 Å². The fraction of sp³-hybridized carbons (Fsp3) is 0.133. The minimum absolute atomic E-state index is 0.647. The Kier molecular flexibility index (Phi) is 3.55. The highest BCUT2D eigenvalue weighted by Gasteiger charge is 2.04. The number of aromatic nitrogens is 2. The van der Waals surface area contributed by atoms with Crippen LogP contribution in [0.2, 0.25) is 10.0 Å². The van der Waals surface area contributed by atoms with Crippen LogP contribution < -0.4 is 5.32 Å². The normalized spacial score (nSPS) is 10.9. The molecule has 2 aromatic carbocycles. The lowest BCUT2D eigenvalue weighted by Gasteiger charge is -2.08. The summed E-state index contributed by atoms with van der Waals surface area (Å²) < 4.78 is 0. The van der Waals surface area contributed by atoms with Crippen molar-refractivity contribution in [2.45, 2.75) is 13.5 Å². The van der Waals surface area contributed by atoms with Crippen molar-refractivity contribution >= 4 is 39.8 Å². The first kappa shape index (κ1) is 13.3. The predicted molar refractivity (Wildman–Crippen MR) is 84.6 cm³/mol. The Morgan fingerprint density at radius 3 is 2.80 bits per heavy atom. The molecule has 20 heavy (non-hydrogen) atoms. The van der Waals surface area contributed by atoms with Crippen molar-refractivity contribution in [2.24, 2.45) is 0 Å². The van der Waals surface area contributed by atoms with Gasteiger partial charge in [-0.05, 0) is 42.8 Å². The number of H-pyrrole nitrogens is 1. The Hall–Kier alpha value is -1.71. The quantitative estimate of drug-likeness (QED) is 0.730. The molecule has 1 heterocycles. The molecule has 0 amide bonds. The number of nitrogens with one attached hydrogen (secondary N) is 2. The summed E-state index contributed by atoms with van der Waals surface area (Å²) >= 11 is 12.0. The molecular weight excluding hydrogens is 293 g/mol. The van der Waals surface area contributed by atoms with Gasteiger partial charge in [-0.15, -0.1) is 0 Å². The van der Waals surface area contributed by atoms with E-state index in [-0.39, 0.29) is 0 Å². The van der Waals surface area contributed by atoms with Gasteiger partial charge in [-0.3, -0.25) is 5.10 Å². The van der Waals surface area contributed by atoms with Crippen LogP contribution in [0.4, 0.5) is 5.69 Å². The zero-order valence-electron chi connectivity index (χ0n) is 10.9. The van der Waals surface area contributed by atoms with E-state index in [2.05, 4.69) is 21.6 Å². The minimum atomic E-state index is 0.647. The highest BCUT2D eigenvalue weighted by molar-refractivity contribution is 6.35. The highest BCUT2D eigenvalue weighted by Crippen LogP contribution is 2.24. The SMILES string of the molecule is Cc1[nH]nc2ccc(NCc3ccc(Cl)cc3Cl)cc12. The molecule has 0 radical (unpaired) electrons. The molecular formula is C15H13Cl2N3.